The molecule has 0 radical (unpaired) electrons. The highest BCUT2D eigenvalue weighted by atomic mass is 16.5. The molecule has 0 spiro atoms. The topological polar surface area (TPSA) is 97.2 Å². The molecule has 0 saturated carbocycles. The molecule has 0 aromatic carbocycles. The number of morpholine rings is 1. The Labute approximate surface area is 140 Å². The predicted molar refractivity (Wildman–Crippen MR) is 88.0 cm³/mol. The number of rotatable bonds is 5. The van der Waals surface area contributed by atoms with Crippen LogP contribution in [0.25, 0.3) is 5.95 Å². The van der Waals surface area contributed by atoms with Crippen LogP contribution in [0, 0.1) is 0 Å². The van der Waals surface area contributed by atoms with Gasteiger partial charge in [0.15, 0.2) is 0 Å². The molecule has 1 atom stereocenters. The summed E-state index contributed by atoms with van der Waals surface area (Å²) in [5.41, 5.74) is 0.583. The average molecular weight is 331 g/mol. The standard InChI is InChI=1S/C15H21N7O2/c1-12-10-21(7-8-24-12)6-5-18-15(23)20-13-9-19-22(11-13)14-16-3-2-4-17-14/h2-4,9,11-12H,5-8,10H2,1H3,(H2,18,20,23). The van der Waals surface area contributed by atoms with Crippen molar-refractivity contribution in [1.82, 2.24) is 30.0 Å². The Morgan fingerprint density at radius 2 is 2.25 bits per heavy atom. The molecular formula is C15H21N7O2. The van der Waals surface area contributed by atoms with Gasteiger partial charge in [-0.25, -0.2) is 19.4 Å². The Kier molecular flexibility index (Phi) is 5.34. The first-order chi connectivity index (χ1) is 11.7. The fraction of sp³-hybridized carbons (Fsp3) is 0.467. The SMILES string of the molecule is CC1CN(CCNC(=O)Nc2cnn(-c3ncccn3)c2)CCO1. The van der Waals surface area contributed by atoms with Gasteiger partial charge in [-0.15, -0.1) is 0 Å². The van der Waals surface area contributed by atoms with Crippen molar-refractivity contribution in [2.75, 3.05) is 38.1 Å². The van der Waals surface area contributed by atoms with Crippen LogP contribution in [-0.4, -0.2) is 69.6 Å². The highest BCUT2D eigenvalue weighted by Crippen LogP contribution is 2.07. The zero-order valence-corrected chi connectivity index (χ0v) is 13.6. The van der Waals surface area contributed by atoms with Crippen molar-refractivity contribution >= 4 is 11.7 Å². The predicted octanol–water partition coefficient (Wildman–Crippen LogP) is 0.504. The molecule has 1 unspecified atom stereocenters. The minimum atomic E-state index is -0.259. The van der Waals surface area contributed by atoms with Gasteiger partial charge >= 0.3 is 6.03 Å². The maximum Gasteiger partial charge on any atom is 0.319 e. The number of aromatic nitrogens is 4. The summed E-state index contributed by atoms with van der Waals surface area (Å²) in [6, 6.07) is 1.47. The minimum absolute atomic E-state index is 0.249. The number of hydrogen-bond donors (Lipinski definition) is 2. The number of ether oxygens (including phenoxy) is 1. The van der Waals surface area contributed by atoms with Crippen LogP contribution in [0.2, 0.25) is 0 Å². The number of nitrogens with zero attached hydrogens (tertiary/aromatic N) is 5. The van der Waals surface area contributed by atoms with Crippen LogP contribution in [0.15, 0.2) is 30.9 Å². The monoisotopic (exact) mass is 331 g/mol. The van der Waals surface area contributed by atoms with Crippen LogP contribution in [0.5, 0.6) is 0 Å². The van der Waals surface area contributed by atoms with Crippen molar-refractivity contribution in [1.29, 1.82) is 0 Å². The molecule has 24 heavy (non-hydrogen) atoms. The molecular weight excluding hydrogens is 310 g/mol. The lowest BCUT2D eigenvalue weighted by Gasteiger charge is -2.30. The average Bonchev–Trinajstić information content (AvgIpc) is 3.04. The maximum atomic E-state index is 11.9. The van der Waals surface area contributed by atoms with Crippen molar-refractivity contribution in [2.45, 2.75) is 13.0 Å². The number of urea groups is 1. The van der Waals surface area contributed by atoms with E-state index in [9.17, 15) is 4.79 Å². The molecule has 9 nitrogen and oxygen atoms in total. The van der Waals surface area contributed by atoms with Crippen LogP contribution in [0.1, 0.15) is 6.92 Å². The van der Waals surface area contributed by atoms with Crippen molar-refractivity contribution in [2.24, 2.45) is 0 Å². The van der Waals surface area contributed by atoms with Gasteiger partial charge in [-0.1, -0.05) is 0 Å². The summed E-state index contributed by atoms with van der Waals surface area (Å²) >= 11 is 0. The summed E-state index contributed by atoms with van der Waals surface area (Å²) in [7, 11) is 0. The van der Waals surface area contributed by atoms with E-state index in [1.165, 1.54) is 4.68 Å². The fourth-order valence-corrected chi connectivity index (χ4v) is 2.50. The molecule has 1 aliphatic rings. The van der Waals surface area contributed by atoms with E-state index >= 15 is 0 Å². The Morgan fingerprint density at radius 3 is 3.04 bits per heavy atom. The van der Waals surface area contributed by atoms with E-state index in [4.69, 9.17) is 4.74 Å². The van der Waals surface area contributed by atoms with Gasteiger partial charge in [0.2, 0.25) is 5.95 Å². The molecule has 3 heterocycles. The van der Waals surface area contributed by atoms with E-state index in [2.05, 4.69) is 37.5 Å². The number of nitrogens with one attached hydrogen (secondary N) is 2. The molecule has 2 N–H and O–H groups in total. The lowest BCUT2D eigenvalue weighted by molar-refractivity contribution is -0.0174. The van der Waals surface area contributed by atoms with Crippen LogP contribution in [0.3, 0.4) is 0 Å². The van der Waals surface area contributed by atoms with Crippen LogP contribution in [-0.2, 0) is 4.74 Å². The van der Waals surface area contributed by atoms with Crippen molar-refractivity contribution in [3.8, 4) is 5.95 Å². The van der Waals surface area contributed by atoms with Gasteiger partial charge in [-0.2, -0.15) is 5.10 Å². The van der Waals surface area contributed by atoms with E-state index in [0.717, 1.165) is 26.2 Å². The lowest BCUT2D eigenvalue weighted by Crippen LogP contribution is -2.45. The van der Waals surface area contributed by atoms with Gasteiger partial charge < -0.3 is 15.4 Å². The molecule has 1 aliphatic heterocycles. The Bertz CT molecular complexity index is 661. The molecule has 0 aliphatic carbocycles. The lowest BCUT2D eigenvalue weighted by atomic mass is 10.3. The molecule has 1 saturated heterocycles. The second kappa shape index (κ2) is 7.84. The van der Waals surface area contributed by atoms with E-state index in [1.54, 1.807) is 30.9 Å². The molecule has 9 heteroatoms. The molecule has 2 aromatic rings. The van der Waals surface area contributed by atoms with Gasteiger partial charge in [-0.05, 0) is 13.0 Å². The third-order valence-electron chi connectivity index (χ3n) is 3.64. The van der Waals surface area contributed by atoms with Gasteiger partial charge in [-0.3, -0.25) is 4.90 Å². The number of carbonyl (C=O) groups is 1. The minimum Gasteiger partial charge on any atom is -0.376 e. The third-order valence-corrected chi connectivity index (χ3v) is 3.64. The highest BCUT2D eigenvalue weighted by Gasteiger charge is 2.16. The summed E-state index contributed by atoms with van der Waals surface area (Å²) in [6.07, 6.45) is 6.74. The van der Waals surface area contributed by atoms with E-state index in [1.807, 2.05) is 0 Å². The molecule has 1 fully saturated rings. The number of anilines is 1. The smallest absolute Gasteiger partial charge is 0.319 e. The van der Waals surface area contributed by atoms with Crippen molar-refractivity contribution in [3.63, 3.8) is 0 Å². The fourth-order valence-electron chi connectivity index (χ4n) is 2.50. The summed E-state index contributed by atoms with van der Waals surface area (Å²) in [6.45, 7) is 5.98. The van der Waals surface area contributed by atoms with Crippen LogP contribution >= 0.6 is 0 Å². The molecule has 0 bridgehead atoms. The first-order valence-corrected chi connectivity index (χ1v) is 7.91. The summed E-state index contributed by atoms with van der Waals surface area (Å²) in [5, 5.41) is 9.72. The van der Waals surface area contributed by atoms with Gasteiger partial charge in [0.25, 0.3) is 0 Å². The van der Waals surface area contributed by atoms with Crippen molar-refractivity contribution in [3.05, 3.63) is 30.9 Å². The second-order valence-electron chi connectivity index (χ2n) is 5.59. The number of carbonyl (C=O) groups excluding carboxylic acids is 1. The van der Waals surface area contributed by atoms with Gasteiger partial charge in [0.1, 0.15) is 0 Å². The Balaban J connectivity index is 1.43. The number of hydrogen-bond acceptors (Lipinski definition) is 6. The molecule has 2 aromatic heterocycles. The third kappa shape index (κ3) is 4.49. The van der Waals surface area contributed by atoms with Crippen LogP contribution in [0.4, 0.5) is 10.5 Å². The molecule has 3 rings (SSSR count). The van der Waals surface area contributed by atoms with E-state index in [0.29, 0.717) is 18.2 Å². The summed E-state index contributed by atoms with van der Waals surface area (Å²) < 4.78 is 7.00. The highest BCUT2D eigenvalue weighted by molar-refractivity contribution is 5.88. The molecule has 128 valence electrons. The maximum absolute atomic E-state index is 11.9. The zero-order chi connectivity index (χ0) is 16.8. The van der Waals surface area contributed by atoms with E-state index in [-0.39, 0.29) is 12.1 Å². The Morgan fingerprint density at radius 1 is 1.42 bits per heavy atom. The Hall–Kier alpha value is -2.52. The van der Waals surface area contributed by atoms with Crippen LogP contribution < -0.4 is 10.6 Å². The zero-order valence-electron chi connectivity index (χ0n) is 13.6. The first kappa shape index (κ1) is 16.3. The van der Waals surface area contributed by atoms with Gasteiger partial charge in [0, 0.05) is 38.6 Å². The summed E-state index contributed by atoms with van der Waals surface area (Å²) in [5.74, 6) is 0.451. The number of amides is 2. The largest absolute Gasteiger partial charge is 0.376 e. The second-order valence-corrected chi connectivity index (χ2v) is 5.59. The van der Waals surface area contributed by atoms with E-state index < -0.39 is 0 Å². The summed E-state index contributed by atoms with van der Waals surface area (Å²) in [4.78, 5) is 22.4. The quantitative estimate of drug-likeness (QED) is 0.828. The van der Waals surface area contributed by atoms with Crippen molar-refractivity contribution < 1.29 is 9.53 Å². The molecule has 2 amide bonds. The van der Waals surface area contributed by atoms with Gasteiger partial charge in [0.05, 0.1) is 30.8 Å². The normalized spacial score (nSPS) is 18.3. The first-order valence-electron chi connectivity index (χ1n) is 7.91.